The van der Waals surface area contributed by atoms with E-state index in [1.165, 1.54) is 0 Å². The summed E-state index contributed by atoms with van der Waals surface area (Å²) in [5.74, 6) is 0.468. The monoisotopic (exact) mass is 293 g/mol. The fourth-order valence-electron chi connectivity index (χ4n) is 1.81. The highest BCUT2D eigenvalue weighted by Gasteiger charge is 2.10. The molecule has 2 rings (SSSR count). The number of carbonyl (C=O) groups is 1. The highest BCUT2D eigenvalue weighted by molar-refractivity contribution is 6.31. The molecule has 2 N–H and O–H groups in total. The number of H-pyrrole nitrogens is 1. The third kappa shape index (κ3) is 3.51. The van der Waals surface area contributed by atoms with Crippen molar-refractivity contribution in [3.8, 4) is 5.75 Å². The zero-order valence-electron chi connectivity index (χ0n) is 11.4. The van der Waals surface area contributed by atoms with E-state index in [0.717, 1.165) is 11.3 Å². The van der Waals surface area contributed by atoms with Gasteiger partial charge in [-0.2, -0.15) is 0 Å². The van der Waals surface area contributed by atoms with Gasteiger partial charge in [0.05, 0.1) is 19.1 Å². The Labute approximate surface area is 122 Å². The highest BCUT2D eigenvalue weighted by Crippen LogP contribution is 2.30. The third-order valence-corrected chi connectivity index (χ3v) is 3.34. The van der Waals surface area contributed by atoms with Gasteiger partial charge < -0.3 is 15.0 Å². The van der Waals surface area contributed by atoms with Crippen molar-refractivity contribution >= 4 is 23.2 Å². The number of aromatic nitrogens is 2. The molecule has 0 aliphatic heterocycles. The van der Waals surface area contributed by atoms with Crippen molar-refractivity contribution in [3.63, 3.8) is 0 Å². The first-order chi connectivity index (χ1) is 9.60. The predicted molar refractivity (Wildman–Crippen MR) is 78.3 cm³/mol. The quantitative estimate of drug-likeness (QED) is 0.890. The van der Waals surface area contributed by atoms with Gasteiger partial charge in [0.1, 0.15) is 5.75 Å². The Morgan fingerprint density at radius 3 is 2.95 bits per heavy atom. The van der Waals surface area contributed by atoms with Crippen LogP contribution in [0, 0.1) is 6.92 Å². The van der Waals surface area contributed by atoms with Crippen LogP contribution >= 0.6 is 11.6 Å². The average Bonchev–Trinajstić information content (AvgIpc) is 2.93. The van der Waals surface area contributed by atoms with Crippen molar-refractivity contribution < 1.29 is 9.53 Å². The molecule has 1 aromatic heterocycles. The number of rotatable bonds is 5. The Hall–Kier alpha value is -2.01. The van der Waals surface area contributed by atoms with E-state index >= 15 is 0 Å². The van der Waals surface area contributed by atoms with Crippen LogP contribution in [0.2, 0.25) is 5.02 Å². The maximum absolute atomic E-state index is 11.9. The minimum Gasteiger partial charge on any atom is -0.495 e. The number of nitrogens with zero attached hydrogens (tertiary/aromatic N) is 1. The smallest absolute Gasteiger partial charge is 0.224 e. The van der Waals surface area contributed by atoms with Crippen molar-refractivity contribution in [2.24, 2.45) is 0 Å². The Balaban J connectivity index is 2.01. The SMILES string of the molecule is COc1cc(Cl)c(C)cc1NC(=O)CCc1cnc[nH]1. The number of anilines is 1. The fourth-order valence-corrected chi connectivity index (χ4v) is 1.97. The minimum atomic E-state index is -0.0837. The molecule has 0 atom stereocenters. The molecular weight excluding hydrogens is 278 g/mol. The largest absolute Gasteiger partial charge is 0.495 e. The average molecular weight is 294 g/mol. The van der Waals surface area contributed by atoms with E-state index in [4.69, 9.17) is 16.3 Å². The summed E-state index contributed by atoms with van der Waals surface area (Å²) in [6.07, 6.45) is 4.28. The number of aromatic amines is 1. The van der Waals surface area contributed by atoms with Gasteiger partial charge in [-0.15, -0.1) is 0 Å². The fraction of sp³-hybridized carbons (Fsp3) is 0.286. The summed E-state index contributed by atoms with van der Waals surface area (Å²) in [7, 11) is 1.54. The number of benzene rings is 1. The Kier molecular flexibility index (Phi) is 4.63. The lowest BCUT2D eigenvalue weighted by Gasteiger charge is -2.12. The molecule has 5 nitrogen and oxygen atoms in total. The van der Waals surface area contributed by atoms with Gasteiger partial charge in [-0.3, -0.25) is 4.79 Å². The van der Waals surface area contributed by atoms with Crippen LogP contribution in [0.3, 0.4) is 0 Å². The third-order valence-electron chi connectivity index (χ3n) is 2.93. The number of aryl methyl sites for hydroxylation is 2. The van der Waals surface area contributed by atoms with Crippen LogP contribution in [0.5, 0.6) is 5.75 Å². The van der Waals surface area contributed by atoms with Crippen molar-refractivity contribution in [1.29, 1.82) is 0 Å². The molecule has 0 unspecified atom stereocenters. The second-order valence-electron chi connectivity index (χ2n) is 4.43. The number of methoxy groups -OCH3 is 1. The molecule has 20 heavy (non-hydrogen) atoms. The number of hydrogen-bond donors (Lipinski definition) is 2. The molecule has 1 amide bonds. The summed E-state index contributed by atoms with van der Waals surface area (Å²) in [5.41, 5.74) is 2.44. The molecule has 0 aliphatic rings. The summed E-state index contributed by atoms with van der Waals surface area (Å²) >= 11 is 6.03. The molecule has 0 aliphatic carbocycles. The van der Waals surface area contributed by atoms with Crippen LogP contribution in [0.15, 0.2) is 24.7 Å². The molecule has 106 valence electrons. The molecule has 0 bridgehead atoms. The lowest BCUT2D eigenvalue weighted by atomic mass is 10.2. The second-order valence-corrected chi connectivity index (χ2v) is 4.83. The minimum absolute atomic E-state index is 0.0837. The molecule has 2 aromatic rings. The summed E-state index contributed by atoms with van der Waals surface area (Å²) in [6, 6.07) is 3.50. The van der Waals surface area contributed by atoms with Gasteiger partial charge >= 0.3 is 0 Å². The number of imidazole rings is 1. The van der Waals surface area contributed by atoms with E-state index in [1.807, 2.05) is 6.92 Å². The van der Waals surface area contributed by atoms with Crippen LogP contribution < -0.4 is 10.1 Å². The number of nitrogens with one attached hydrogen (secondary N) is 2. The first-order valence-electron chi connectivity index (χ1n) is 6.21. The highest BCUT2D eigenvalue weighted by atomic mass is 35.5. The zero-order valence-corrected chi connectivity index (χ0v) is 12.1. The van der Waals surface area contributed by atoms with E-state index in [9.17, 15) is 4.79 Å². The topological polar surface area (TPSA) is 67.0 Å². The maximum Gasteiger partial charge on any atom is 0.224 e. The second kappa shape index (κ2) is 6.43. The van der Waals surface area contributed by atoms with Crippen molar-refractivity contribution in [3.05, 3.63) is 40.9 Å². The molecule has 0 spiro atoms. The Morgan fingerprint density at radius 1 is 1.50 bits per heavy atom. The molecule has 1 heterocycles. The lowest BCUT2D eigenvalue weighted by Crippen LogP contribution is -2.13. The van der Waals surface area contributed by atoms with Gasteiger partial charge in [-0.05, 0) is 25.0 Å². The maximum atomic E-state index is 11.9. The normalized spacial score (nSPS) is 10.3. The van der Waals surface area contributed by atoms with E-state index in [1.54, 1.807) is 31.8 Å². The first kappa shape index (κ1) is 14.4. The number of carbonyl (C=O) groups excluding carboxylic acids is 1. The molecular formula is C14H16ClN3O2. The van der Waals surface area contributed by atoms with Crippen molar-refractivity contribution in [1.82, 2.24) is 9.97 Å². The predicted octanol–water partition coefficient (Wildman–Crippen LogP) is 2.95. The van der Waals surface area contributed by atoms with Gasteiger partial charge in [0.25, 0.3) is 0 Å². The van der Waals surface area contributed by atoms with Crippen LogP contribution in [0.25, 0.3) is 0 Å². The molecule has 0 saturated carbocycles. The molecule has 0 saturated heterocycles. The molecule has 0 radical (unpaired) electrons. The molecule has 6 heteroatoms. The van der Waals surface area contributed by atoms with Crippen LogP contribution in [0.1, 0.15) is 17.7 Å². The number of amides is 1. The van der Waals surface area contributed by atoms with Gasteiger partial charge in [0, 0.05) is 29.4 Å². The molecule has 1 aromatic carbocycles. The Morgan fingerprint density at radius 2 is 2.30 bits per heavy atom. The summed E-state index contributed by atoms with van der Waals surface area (Å²) in [6.45, 7) is 1.88. The van der Waals surface area contributed by atoms with Gasteiger partial charge in [0.15, 0.2) is 0 Å². The number of hydrogen-bond acceptors (Lipinski definition) is 3. The van der Waals surface area contributed by atoms with E-state index in [0.29, 0.717) is 29.3 Å². The number of halogens is 1. The Bertz CT molecular complexity index is 597. The van der Waals surface area contributed by atoms with Gasteiger partial charge in [-0.25, -0.2) is 4.98 Å². The summed E-state index contributed by atoms with van der Waals surface area (Å²) in [4.78, 5) is 18.8. The summed E-state index contributed by atoms with van der Waals surface area (Å²) in [5, 5.41) is 3.44. The van der Waals surface area contributed by atoms with Crippen LogP contribution in [-0.4, -0.2) is 23.0 Å². The van der Waals surface area contributed by atoms with Crippen molar-refractivity contribution in [2.75, 3.05) is 12.4 Å². The first-order valence-corrected chi connectivity index (χ1v) is 6.59. The van der Waals surface area contributed by atoms with Crippen LogP contribution in [0.4, 0.5) is 5.69 Å². The zero-order chi connectivity index (χ0) is 14.5. The van der Waals surface area contributed by atoms with Gasteiger partial charge in [-0.1, -0.05) is 11.6 Å². The number of ether oxygens (including phenoxy) is 1. The van der Waals surface area contributed by atoms with Crippen molar-refractivity contribution in [2.45, 2.75) is 19.8 Å². The van der Waals surface area contributed by atoms with E-state index in [2.05, 4.69) is 15.3 Å². The van der Waals surface area contributed by atoms with Crippen LogP contribution in [-0.2, 0) is 11.2 Å². The van der Waals surface area contributed by atoms with E-state index in [-0.39, 0.29) is 5.91 Å². The van der Waals surface area contributed by atoms with Gasteiger partial charge in [0.2, 0.25) is 5.91 Å². The lowest BCUT2D eigenvalue weighted by molar-refractivity contribution is -0.116. The molecule has 0 fully saturated rings. The summed E-state index contributed by atoms with van der Waals surface area (Å²) < 4.78 is 5.22. The standard InChI is InChI=1S/C14H16ClN3O2/c1-9-5-12(13(20-2)6-11(9)15)18-14(19)4-3-10-7-16-8-17-10/h5-8H,3-4H2,1-2H3,(H,16,17)(H,18,19). The van der Waals surface area contributed by atoms with E-state index < -0.39 is 0 Å².